The summed E-state index contributed by atoms with van der Waals surface area (Å²) < 4.78 is 7.56. The third-order valence-corrected chi connectivity index (χ3v) is 4.06. The average Bonchev–Trinajstić information content (AvgIpc) is 2.72. The maximum Gasteiger partial charge on any atom is 0.306 e. The van der Waals surface area contributed by atoms with Gasteiger partial charge in [0.25, 0.3) is 5.91 Å². The third kappa shape index (κ3) is 3.32. The monoisotopic (exact) mass is 308 g/mol. The lowest BCUT2D eigenvalue weighted by Gasteiger charge is -2.32. The quantitative estimate of drug-likeness (QED) is 0.923. The zero-order chi connectivity index (χ0) is 16.4. The number of amides is 1. The first-order valence-electron chi connectivity index (χ1n) is 7.62. The number of carbonyl (C=O) groups excluding carboxylic acids is 1. The minimum atomic E-state index is -0.905. The molecule has 2 heterocycles. The van der Waals surface area contributed by atoms with Crippen LogP contribution in [0, 0.1) is 13.8 Å². The number of aromatic nitrogens is 1. The van der Waals surface area contributed by atoms with Crippen molar-refractivity contribution in [3.8, 4) is 0 Å². The van der Waals surface area contributed by atoms with Gasteiger partial charge in [0.15, 0.2) is 0 Å². The van der Waals surface area contributed by atoms with Crippen molar-refractivity contribution < 1.29 is 19.4 Å². The fourth-order valence-electron chi connectivity index (χ4n) is 3.18. The molecule has 0 saturated carbocycles. The van der Waals surface area contributed by atoms with E-state index in [0.29, 0.717) is 31.3 Å². The van der Waals surface area contributed by atoms with Gasteiger partial charge in [0.2, 0.25) is 0 Å². The smallest absolute Gasteiger partial charge is 0.306 e. The van der Waals surface area contributed by atoms with Crippen molar-refractivity contribution in [1.82, 2.24) is 9.47 Å². The first kappa shape index (κ1) is 16.5. The summed E-state index contributed by atoms with van der Waals surface area (Å²) in [6, 6.07) is 2.21. The van der Waals surface area contributed by atoms with Crippen LogP contribution in [0.1, 0.15) is 48.1 Å². The van der Waals surface area contributed by atoms with Crippen LogP contribution < -0.4 is 0 Å². The molecule has 6 heteroatoms. The molecule has 0 aromatic carbocycles. The molecule has 0 aliphatic carbocycles. The summed E-state index contributed by atoms with van der Waals surface area (Å²) in [6.45, 7) is 9.34. The lowest BCUT2D eigenvalue weighted by atomic mass is 10.1. The normalized spacial score (nSPS) is 18.8. The van der Waals surface area contributed by atoms with Crippen LogP contribution in [0.5, 0.6) is 0 Å². The largest absolute Gasteiger partial charge is 0.481 e. The minimum absolute atomic E-state index is 0.0429. The number of hydrogen-bond acceptors (Lipinski definition) is 3. The predicted octanol–water partition coefficient (Wildman–Crippen LogP) is 2.00. The van der Waals surface area contributed by atoms with Crippen LogP contribution in [0.15, 0.2) is 6.07 Å². The summed E-state index contributed by atoms with van der Waals surface area (Å²) in [5.41, 5.74) is 2.71. The summed E-state index contributed by atoms with van der Waals surface area (Å²) in [7, 11) is 0. The Morgan fingerprint density at radius 3 is 2.64 bits per heavy atom. The highest BCUT2D eigenvalue weighted by Gasteiger charge is 2.28. The van der Waals surface area contributed by atoms with E-state index >= 15 is 0 Å². The van der Waals surface area contributed by atoms with Crippen molar-refractivity contribution >= 4 is 11.9 Å². The Kier molecular flexibility index (Phi) is 4.90. The number of morpholine rings is 1. The van der Waals surface area contributed by atoms with Crippen molar-refractivity contribution in [3.05, 3.63) is 23.0 Å². The van der Waals surface area contributed by atoms with E-state index in [4.69, 9.17) is 9.84 Å². The molecular formula is C16H24N2O4. The number of aryl methyl sites for hydroxylation is 1. The van der Waals surface area contributed by atoms with Crippen LogP contribution in [0.4, 0.5) is 0 Å². The summed E-state index contributed by atoms with van der Waals surface area (Å²) in [4.78, 5) is 25.3. The van der Waals surface area contributed by atoms with Gasteiger partial charge in [-0.3, -0.25) is 9.59 Å². The van der Waals surface area contributed by atoms with E-state index in [0.717, 1.165) is 11.4 Å². The second-order valence-electron chi connectivity index (χ2n) is 6.09. The van der Waals surface area contributed by atoms with Crippen molar-refractivity contribution in [3.63, 3.8) is 0 Å². The second kappa shape index (κ2) is 6.52. The van der Waals surface area contributed by atoms with Gasteiger partial charge in [0.1, 0.15) is 0 Å². The maximum absolute atomic E-state index is 12.7. The number of carbonyl (C=O) groups is 2. The highest BCUT2D eigenvalue weighted by atomic mass is 16.5. The van der Waals surface area contributed by atoms with Crippen molar-refractivity contribution in [1.29, 1.82) is 0 Å². The highest BCUT2D eigenvalue weighted by molar-refractivity contribution is 5.95. The number of ether oxygens (including phenoxy) is 1. The van der Waals surface area contributed by atoms with Gasteiger partial charge in [-0.2, -0.15) is 0 Å². The number of carboxylic acid groups (broad SMARTS) is 1. The molecule has 22 heavy (non-hydrogen) atoms. The first-order valence-corrected chi connectivity index (χ1v) is 7.62. The molecule has 1 aliphatic heterocycles. The standard InChI is InChI=1S/C16H24N2O4/c1-10(2)18-11(3)7-14(12(18)4)16(21)17-5-6-22-13(9-17)8-15(19)20/h7,10,13H,5-6,8-9H2,1-4H3,(H,19,20)/t13-/m0/s1. The zero-order valence-electron chi connectivity index (χ0n) is 13.6. The summed E-state index contributed by atoms with van der Waals surface area (Å²) in [6.07, 6.45) is -0.502. The molecule has 1 atom stereocenters. The fourth-order valence-corrected chi connectivity index (χ4v) is 3.18. The maximum atomic E-state index is 12.7. The molecular weight excluding hydrogens is 284 g/mol. The van der Waals surface area contributed by atoms with Gasteiger partial charge in [-0.15, -0.1) is 0 Å². The molecule has 2 rings (SSSR count). The van der Waals surface area contributed by atoms with Crippen molar-refractivity contribution in [2.45, 2.75) is 46.3 Å². The van der Waals surface area contributed by atoms with E-state index in [1.165, 1.54) is 0 Å². The number of carboxylic acids is 1. The number of aliphatic carboxylic acids is 1. The highest BCUT2D eigenvalue weighted by Crippen LogP contribution is 2.22. The van der Waals surface area contributed by atoms with E-state index in [1.807, 2.05) is 19.9 Å². The van der Waals surface area contributed by atoms with Gasteiger partial charge in [-0.25, -0.2) is 0 Å². The molecule has 1 saturated heterocycles. The van der Waals surface area contributed by atoms with Crippen LogP contribution >= 0.6 is 0 Å². The molecule has 0 bridgehead atoms. The molecule has 1 N–H and O–H groups in total. The lowest BCUT2D eigenvalue weighted by molar-refractivity contribution is -0.141. The van der Waals surface area contributed by atoms with Crippen molar-refractivity contribution in [2.75, 3.05) is 19.7 Å². The number of nitrogens with zero attached hydrogens (tertiary/aromatic N) is 2. The average molecular weight is 308 g/mol. The Hall–Kier alpha value is -1.82. The van der Waals surface area contributed by atoms with E-state index < -0.39 is 12.1 Å². The van der Waals surface area contributed by atoms with Crippen LogP contribution in [0.3, 0.4) is 0 Å². The molecule has 0 spiro atoms. The molecule has 122 valence electrons. The van der Waals surface area contributed by atoms with Crippen LogP contribution in [-0.2, 0) is 9.53 Å². The van der Waals surface area contributed by atoms with Gasteiger partial charge >= 0.3 is 5.97 Å². The van der Waals surface area contributed by atoms with Gasteiger partial charge < -0.3 is 19.3 Å². The second-order valence-corrected chi connectivity index (χ2v) is 6.09. The van der Waals surface area contributed by atoms with Gasteiger partial charge in [-0.05, 0) is 33.8 Å². The summed E-state index contributed by atoms with van der Waals surface area (Å²) in [5, 5.41) is 8.87. The van der Waals surface area contributed by atoms with E-state index in [1.54, 1.807) is 4.90 Å². The molecule has 6 nitrogen and oxygen atoms in total. The molecule has 1 aromatic heterocycles. The Labute approximate surface area is 130 Å². The SMILES string of the molecule is Cc1cc(C(=O)N2CCO[C@@H](CC(=O)O)C2)c(C)n1C(C)C. The van der Waals surface area contributed by atoms with Gasteiger partial charge in [0, 0.05) is 30.5 Å². The van der Waals surface area contributed by atoms with Crippen LogP contribution in [-0.4, -0.2) is 52.3 Å². The van der Waals surface area contributed by atoms with E-state index in [9.17, 15) is 9.59 Å². The van der Waals surface area contributed by atoms with E-state index in [-0.39, 0.29) is 12.3 Å². The Bertz CT molecular complexity index is 577. The Morgan fingerprint density at radius 2 is 2.09 bits per heavy atom. The van der Waals surface area contributed by atoms with Gasteiger partial charge in [0.05, 0.1) is 24.7 Å². The van der Waals surface area contributed by atoms with Crippen LogP contribution in [0.2, 0.25) is 0 Å². The summed E-state index contributed by atoms with van der Waals surface area (Å²) >= 11 is 0. The molecule has 0 unspecified atom stereocenters. The Morgan fingerprint density at radius 1 is 1.41 bits per heavy atom. The Balaban J connectivity index is 2.18. The first-order chi connectivity index (χ1) is 10.3. The molecule has 1 amide bonds. The molecule has 1 aliphatic rings. The number of rotatable bonds is 4. The lowest BCUT2D eigenvalue weighted by Crippen LogP contribution is -2.46. The molecule has 1 aromatic rings. The third-order valence-electron chi connectivity index (χ3n) is 4.06. The molecule has 1 fully saturated rings. The van der Waals surface area contributed by atoms with E-state index in [2.05, 4.69) is 18.4 Å². The predicted molar refractivity (Wildman–Crippen MR) is 82.2 cm³/mol. The van der Waals surface area contributed by atoms with Crippen LogP contribution in [0.25, 0.3) is 0 Å². The van der Waals surface area contributed by atoms with Gasteiger partial charge in [-0.1, -0.05) is 0 Å². The van der Waals surface area contributed by atoms with Crippen molar-refractivity contribution in [2.24, 2.45) is 0 Å². The zero-order valence-corrected chi connectivity index (χ0v) is 13.6. The minimum Gasteiger partial charge on any atom is -0.481 e. The molecule has 0 radical (unpaired) electrons. The number of hydrogen-bond donors (Lipinski definition) is 1. The summed E-state index contributed by atoms with van der Waals surface area (Å²) in [5.74, 6) is -0.948. The fraction of sp³-hybridized carbons (Fsp3) is 0.625. The topological polar surface area (TPSA) is 71.8 Å².